The van der Waals surface area contributed by atoms with Crippen LogP contribution in [-0.4, -0.2) is 17.1 Å². The van der Waals surface area contributed by atoms with E-state index in [2.05, 4.69) is 24.9 Å². The summed E-state index contributed by atoms with van der Waals surface area (Å²) in [5.74, 6) is 0.413. The molecule has 0 bridgehead atoms. The summed E-state index contributed by atoms with van der Waals surface area (Å²) >= 11 is 0. The summed E-state index contributed by atoms with van der Waals surface area (Å²) in [7, 11) is 2.24. The van der Waals surface area contributed by atoms with Crippen molar-refractivity contribution in [3.8, 4) is 5.75 Å². The van der Waals surface area contributed by atoms with Crippen LogP contribution in [0.2, 0.25) is 0 Å². The van der Waals surface area contributed by atoms with Crippen LogP contribution in [-0.2, 0) is 5.54 Å². The lowest BCUT2D eigenvalue weighted by Gasteiger charge is -2.42. The topological polar surface area (TPSA) is 23.5 Å². The zero-order valence-corrected chi connectivity index (χ0v) is 10.7. The quantitative estimate of drug-likeness (QED) is 0.738. The fourth-order valence-corrected chi connectivity index (χ4v) is 3.84. The minimum Gasteiger partial charge on any atom is -0.508 e. The molecule has 1 aliphatic heterocycles. The Morgan fingerprint density at radius 1 is 1.24 bits per heavy atom. The third kappa shape index (κ3) is 1.43. The van der Waals surface area contributed by atoms with Crippen LogP contribution in [0.4, 0.5) is 0 Å². The predicted octanol–water partition coefficient (Wildman–Crippen LogP) is 3.56. The van der Waals surface area contributed by atoms with Crippen LogP contribution in [0.3, 0.4) is 0 Å². The number of phenolic OH excluding ortho intramolecular Hbond substituents is 1. The Morgan fingerprint density at radius 3 is 2.65 bits per heavy atom. The minimum atomic E-state index is 0.200. The van der Waals surface area contributed by atoms with Crippen LogP contribution >= 0.6 is 0 Å². The highest BCUT2D eigenvalue weighted by Gasteiger charge is 2.46. The highest BCUT2D eigenvalue weighted by Crippen LogP contribution is 2.52. The maximum Gasteiger partial charge on any atom is 0.115 e. The SMILES string of the molecule is CC1c2ccc(O)cc2C2(CCCCC2)N1C. The number of rotatable bonds is 0. The molecule has 1 aliphatic carbocycles. The third-order valence-corrected chi connectivity index (χ3v) is 4.93. The first-order valence-electron chi connectivity index (χ1n) is 6.71. The van der Waals surface area contributed by atoms with E-state index < -0.39 is 0 Å². The molecule has 1 aromatic rings. The second kappa shape index (κ2) is 3.74. The van der Waals surface area contributed by atoms with Gasteiger partial charge in [-0.25, -0.2) is 0 Å². The predicted molar refractivity (Wildman–Crippen MR) is 69.0 cm³/mol. The first kappa shape index (κ1) is 11.1. The summed E-state index contributed by atoms with van der Waals surface area (Å²) in [4.78, 5) is 2.52. The Hall–Kier alpha value is -1.02. The highest BCUT2D eigenvalue weighted by molar-refractivity contribution is 5.45. The summed E-state index contributed by atoms with van der Waals surface area (Å²) in [6.07, 6.45) is 6.46. The van der Waals surface area contributed by atoms with Gasteiger partial charge >= 0.3 is 0 Å². The number of aromatic hydroxyl groups is 1. The van der Waals surface area contributed by atoms with Crippen LogP contribution in [0.15, 0.2) is 18.2 Å². The van der Waals surface area contributed by atoms with Crippen LogP contribution in [0, 0.1) is 0 Å². The number of fused-ring (bicyclic) bond motifs is 2. The largest absolute Gasteiger partial charge is 0.508 e. The molecule has 1 aromatic carbocycles. The molecular weight excluding hydrogens is 210 g/mol. The van der Waals surface area contributed by atoms with Gasteiger partial charge < -0.3 is 5.11 Å². The van der Waals surface area contributed by atoms with Crippen LogP contribution < -0.4 is 0 Å². The normalized spacial score (nSPS) is 27.3. The number of phenols is 1. The molecule has 1 spiro atoms. The number of hydrogen-bond donors (Lipinski definition) is 1. The maximum absolute atomic E-state index is 9.76. The molecule has 1 fully saturated rings. The Balaban J connectivity index is 2.14. The average molecular weight is 231 g/mol. The van der Waals surface area contributed by atoms with E-state index in [0.29, 0.717) is 11.8 Å². The van der Waals surface area contributed by atoms with Gasteiger partial charge in [-0.2, -0.15) is 0 Å². The van der Waals surface area contributed by atoms with Crippen molar-refractivity contribution in [3.05, 3.63) is 29.3 Å². The zero-order chi connectivity index (χ0) is 12.0. The van der Waals surface area contributed by atoms with Crippen molar-refractivity contribution in [3.63, 3.8) is 0 Å². The Morgan fingerprint density at radius 2 is 1.94 bits per heavy atom. The molecule has 1 N–H and O–H groups in total. The van der Waals surface area contributed by atoms with Crippen molar-refractivity contribution in [1.82, 2.24) is 4.90 Å². The molecule has 1 saturated carbocycles. The number of benzene rings is 1. The molecule has 2 aliphatic rings. The molecule has 1 unspecified atom stereocenters. The number of hydrogen-bond acceptors (Lipinski definition) is 2. The van der Waals surface area contributed by atoms with E-state index in [9.17, 15) is 5.11 Å². The summed E-state index contributed by atoms with van der Waals surface area (Å²) in [5.41, 5.74) is 2.99. The van der Waals surface area contributed by atoms with E-state index in [4.69, 9.17) is 0 Å². The molecule has 92 valence electrons. The van der Waals surface area contributed by atoms with E-state index in [1.807, 2.05) is 12.1 Å². The molecule has 0 amide bonds. The van der Waals surface area contributed by atoms with Gasteiger partial charge in [0.2, 0.25) is 0 Å². The van der Waals surface area contributed by atoms with Gasteiger partial charge in [-0.05, 0) is 50.1 Å². The lowest BCUT2D eigenvalue weighted by Crippen LogP contribution is -2.41. The van der Waals surface area contributed by atoms with Gasteiger partial charge in [0.1, 0.15) is 5.75 Å². The zero-order valence-electron chi connectivity index (χ0n) is 10.7. The van der Waals surface area contributed by atoms with Crippen molar-refractivity contribution in [2.24, 2.45) is 0 Å². The van der Waals surface area contributed by atoms with Gasteiger partial charge in [-0.1, -0.05) is 25.3 Å². The van der Waals surface area contributed by atoms with Gasteiger partial charge in [0.15, 0.2) is 0 Å². The van der Waals surface area contributed by atoms with E-state index in [1.54, 1.807) is 0 Å². The minimum absolute atomic E-state index is 0.200. The molecule has 0 saturated heterocycles. The van der Waals surface area contributed by atoms with Crippen molar-refractivity contribution < 1.29 is 5.11 Å². The maximum atomic E-state index is 9.76. The van der Waals surface area contributed by atoms with E-state index in [0.717, 1.165) is 0 Å². The number of nitrogens with zero attached hydrogens (tertiary/aromatic N) is 1. The average Bonchev–Trinajstić information content (AvgIpc) is 2.54. The van der Waals surface area contributed by atoms with Crippen molar-refractivity contribution >= 4 is 0 Å². The lowest BCUT2D eigenvalue weighted by atomic mass is 9.76. The van der Waals surface area contributed by atoms with Crippen LogP contribution in [0.25, 0.3) is 0 Å². The Kier molecular flexibility index (Phi) is 2.44. The lowest BCUT2D eigenvalue weighted by molar-refractivity contribution is 0.0649. The summed E-state index contributed by atoms with van der Waals surface area (Å²) < 4.78 is 0. The summed E-state index contributed by atoms with van der Waals surface area (Å²) in [5, 5.41) is 9.76. The molecule has 0 radical (unpaired) electrons. The molecule has 0 aromatic heterocycles. The molecule has 1 heterocycles. The van der Waals surface area contributed by atoms with Crippen LogP contribution in [0.1, 0.15) is 56.2 Å². The van der Waals surface area contributed by atoms with Crippen molar-refractivity contribution in [1.29, 1.82) is 0 Å². The monoisotopic (exact) mass is 231 g/mol. The summed E-state index contributed by atoms with van der Waals surface area (Å²) in [6.45, 7) is 2.28. The fourth-order valence-electron chi connectivity index (χ4n) is 3.84. The third-order valence-electron chi connectivity index (χ3n) is 4.93. The van der Waals surface area contributed by atoms with E-state index in [-0.39, 0.29) is 5.54 Å². The fraction of sp³-hybridized carbons (Fsp3) is 0.600. The molecule has 2 heteroatoms. The smallest absolute Gasteiger partial charge is 0.115 e. The standard InChI is InChI=1S/C15H21NO/c1-11-13-7-6-12(17)10-14(13)15(16(11)2)8-4-3-5-9-15/h6-7,10-11,17H,3-5,8-9H2,1-2H3. The van der Waals surface area contributed by atoms with Gasteiger partial charge in [-0.3, -0.25) is 4.90 Å². The highest BCUT2D eigenvalue weighted by atomic mass is 16.3. The molecule has 17 heavy (non-hydrogen) atoms. The van der Waals surface area contributed by atoms with Crippen molar-refractivity contribution in [2.75, 3.05) is 7.05 Å². The molecule has 1 atom stereocenters. The van der Waals surface area contributed by atoms with E-state index in [1.165, 1.54) is 43.2 Å². The molecule has 3 rings (SSSR count). The second-order valence-electron chi connectivity index (χ2n) is 5.65. The Bertz CT molecular complexity index is 435. The van der Waals surface area contributed by atoms with Gasteiger partial charge in [0, 0.05) is 11.6 Å². The second-order valence-corrected chi connectivity index (χ2v) is 5.65. The van der Waals surface area contributed by atoms with Crippen molar-refractivity contribution in [2.45, 2.75) is 50.6 Å². The van der Waals surface area contributed by atoms with Gasteiger partial charge in [0.25, 0.3) is 0 Å². The first-order chi connectivity index (χ1) is 8.15. The van der Waals surface area contributed by atoms with Crippen LogP contribution in [0.5, 0.6) is 5.75 Å². The first-order valence-corrected chi connectivity index (χ1v) is 6.71. The summed E-state index contributed by atoms with van der Waals surface area (Å²) in [6, 6.07) is 6.41. The van der Waals surface area contributed by atoms with Gasteiger partial charge in [-0.15, -0.1) is 0 Å². The Labute approximate surface area is 103 Å². The van der Waals surface area contributed by atoms with Gasteiger partial charge in [0.05, 0.1) is 0 Å². The molecule has 2 nitrogen and oxygen atoms in total. The molecular formula is C15H21NO. The van der Waals surface area contributed by atoms with E-state index >= 15 is 0 Å².